The van der Waals surface area contributed by atoms with Crippen molar-refractivity contribution in [3.8, 4) is 0 Å². The van der Waals surface area contributed by atoms with Crippen LogP contribution in [0.25, 0.3) is 0 Å². The number of amides is 1. The minimum atomic E-state index is -1.81. The summed E-state index contributed by atoms with van der Waals surface area (Å²) in [7, 11) is 0. The van der Waals surface area contributed by atoms with E-state index >= 15 is 0 Å². The highest BCUT2D eigenvalue weighted by atomic mass is 19.1. The SMILES string of the molecule is CC(=O)NC1C(C)OC(CF)C(F)C1OC(C)=O. The van der Waals surface area contributed by atoms with E-state index in [4.69, 9.17) is 9.47 Å². The summed E-state index contributed by atoms with van der Waals surface area (Å²) in [5.41, 5.74) is 0. The zero-order valence-corrected chi connectivity index (χ0v) is 10.5. The summed E-state index contributed by atoms with van der Waals surface area (Å²) < 4.78 is 36.5. The van der Waals surface area contributed by atoms with E-state index in [-0.39, 0.29) is 0 Å². The van der Waals surface area contributed by atoms with E-state index in [1.165, 1.54) is 6.92 Å². The molecule has 5 nitrogen and oxygen atoms in total. The molecule has 0 saturated carbocycles. The molecule has 0 aromatic carbocycles. The Labute approximate surface area is 104 Å². The van der Waals surface area contributed by atoms with Gasteiger partial charge >= 0.3 is 5.97 Å². The molecule has 104 valence electrons. The molecule has 18 heavy (non-hydrogen) atoms. The van der Waals surface area contributed by atoms with Gasteiger partial charge < -0.3 is 14.8 Å². The molecule has 0 spiro atoms. The number of ether oxygens (including phenoxy) is 2. The summed E-state index contributed by atoms with van der Waals surface area (Å²) in [4.78, 5) is 22.0. The fourth-order valence-corrected chi connectivity index (χ4v) is 2.00. The van der Waals surface area contributed by atoms with Crippen LogP contribution in [0.3, 0.4) is 0 Å². The maximum atomic E-state index is 14.0. The van der Waals surface area contributed by atoms with Crippen LogP contribution in [0.1, 0.15) is 20.8 Å². The first-order chi connectivity index (χ1) is 8.36. The molecule has 7 heteroatoms. The maximum Gasteiger partial charge on any atom is 0.303 e. The van der Waals surface area contributed by atoms with E-state index in [0.29, 0.717) is 0 Å². The van der Waals surface area contributed by atoms with Crippen LogP contribution in [0.5, 0.6) is 0 Å². The van der Waals surface area contributed by atoms with Crippen molar-refractivity contribution in [3.63, 3.8) is 0 Å². The van der Waals surface area contributed by atoms with Crippen LogP contribution in [0.15, 0.2) is 0 Å². The number of alkyl halides is 2. The first kappa shape index (κ1) is 14.8. The zero-order chi connectivity index (χ0) is 13.9. The Morgan fingerprint density at radius 1 is 1.39 bits per heavy atom. The van der Waals surface area contributed by atoms with E-state index in [1.807, 2.05) is 0 Å². The molecular formula is C11H17F2NO4. The summed E-state index contributed by atoms with van der Waals surface area (Å²) in [6.45, 7) is 2.93. The van der Waals surface area contributed by atoms with Crippen molar-refractivity contribution in [3.05, 3.63) is 0 Å². The molecule has 0 radical (unpaired) electrons. The topological polar surface area (TPSA) is 64.6 Å². The Morgan fingerprint density at radius 3 is 2.44 bits per heavy atom. The highest BCUT2D eigenvalue weighted by molar-refractivity contribution is 5.73. The molecule has 5 atom stereocenters. The van der Waals surface area contributed by atoms with Crippen molar-refractivity contribution in [1.29, 1.82) is 0 Å². The first-order valence-corrected chi connectivity index (χ1v) is 5.66. The molecule has 1 heterocycles. The number of rotatable bonds is 3. The van der Waals surface area contributed by atoms with Crippen molar-refractivity contribution in [2.24, 2.45) is 0 Å². The van der Waals surface area contributed by atoms with Gasteiger partial charge in [-0.25, -0.2) is 8.78 Å². The second-order valence-electron chi connectivity index (χ2n) is 4.28. The minimum absolute atomic E-state index is 0.404. The monoisotopic (exact) mass is 265 g/mol. The van der Waals surface area contributed by atoms with Crippen LogP contribution in [-0.2, 0) is 19.1 Å². The van der Waals surface area contributed by atoms with Crippen molar-refractivity contribution in [2.75, 3.05) is 6.67 Å². The van der Waals surface area contributed by atoms with Crippen LogP contribution in [0, 0.1) is 0 Å². The normalized spacial score (nSPS) is 35.9. The molecule has 0 aromatic heterocycles. The highest BCUT2D eigenvalue weighted by Crippen LogP contribution is 2.26. The summed E-state index contributed by atoms with van der Waals surface area (Å²) >= 11 is 0. The lowest BCUT2D eigenvalue weighted by molar-refractivity contribution is -0.187. The molecule has 1 rings (SSSR count). The lowest BCUT2D eigenvalue weighted by Gasteiger charge is -2.41. The van der Waals surface area contributed by atoms with Gasteiger partial charge in [0.2, 0.25) is 5.91 Å². The van der Waals surface area contributed by atoms with Crippen molar-refractivity contribution in [1.82, 2.24) is 5.32 Å². The summed E-state index contributed by atoms with van der Waals surface area (Å²) in [5.74, 6) is -1.09. The van der Waals surface area contributed by atoms with Gasteiger partial charge in [0, 0.05) is 13.8 Å². The van der Waals surface area contributed by atoms with Gasteiger partial charge in [-0.15, -0.1) is 0 Å². The number of esters is 1. The third-order valence-corrected chi connectivity index (χ3v) is 2.74. The predicted molar refractivity (Wildman–Crippen MR) is 58.4 cm³/mol. The minimum Gasteiger partial charge on any atom is -0.457 e. The largest absolute Gasteiger partial charge is 0.457 e. The van der Waals surface area contributed by atoms with Crippen LogP contribution in [0.4, 0.5) is 8.78 Å². The van der Waals surface area contributed by atoms with Crippen molar-refractivity contribution in [2.45, 2.75) is 51.3 Å². The fourth-order valence-electron chi connectivity index (χ4n) is 2.00. The van der Waals surface area contributed by atoms with Crippen molar-refractivity contribution < 1.29 is 27.8 Å². The molecule has 5 unspecified atom stereocenters. The van der Waals surface area contributed by atoms with Gasteiger partial charge in [0.25, 0.3) is 0 Å². The third kappa shape index (κ3) is 3.38. The molecule has 0 aliphatic carbocycles. The number of nitrogens with one attached hydrogen (secondary N) is 1. The number of hydrogen-bond donors (Lipinski definition) is 1. The van der Waals surface area contributed by atoms with Crippen LogP contribution < -0.4 is 5.32 Å². The van der Waals surface area contributed by atoms with E-state index < -0.39 is 49.1 Å². The Kier molecular flexibility index (Phi) is 5.01. The average molecular weight is 265 g/mol. The Balaban J connectivity index is 2.89. The Bertz CT molecular complexity index is 326. The lowest BCUT2D eigenvalue weighted by atomic mass is 9.94. The number of hydrogen-bond acceptors (Lipinski definition) is 4. The first-order valence-electron chi connectivity index (χ1n) is 5.66. The van der Waals surface area contributed by atoms with Gasteiger partial charge in [0.05, 0.1) is 12.1 Å². The molecule has 0 bridgehead atoms. The fraction of sp³-hybridized carbons (Fsp3) is 0.818. The molecule has 1 fully saturated rings. The van der Waals surface area contributed by atoms with E-state index in [1.54, 1.807) is 6.92 Å². The van der Waals surface area contributed by atoms with Crippen LogP contribution in [0.2, 0.25) is 0 Å². The van der Waals surface area contributed by atoms with Gasteiger partial charge in [-0.2, -0.15) is 0 Å². The van der Waals surface area contributed by atoms with E-state index in [0.717, 1.165) is 6.92 Å². The van der Waals surface area contributed by atoms with Crippen LogP contribution >= 0.6 is 0 Å². The second-order valence-corrected chi connectivity index (χ2v) is 4.28. The summed E-state index contributed by atoms with van der Waals surface area (Å²) in [5, 5.41) is 2.46. The Morgan fingerprint density at radius 2 is 2.00 bits per heavy atom. The van der Waals surface area contributed by atoms with E-state index in [9.17, 15) is 18.4 Å². The molecule has 0 aromatic rings. The lowest BCUT2D eigenvalue weighted by Crippen LogP contribution is -2.62. The standard InChI is InChI=1S/C11H17F2NO4/c1-5-10(14-6(2)15)11(18-7(3)16)9(13)8(4-12)17-5/h5,8-11H,4H2,1-3H3,(H,14,15). The number of carbonyl (C=O) groups is 2. The maximum absolute atomic E-state index is 14.0. The molecule has 1 saturated heterocycles. The van der Waals surface area contributed by atoms with Gasteiger partial charge in [-0.05, 0) is 6.92 Å². The highest BCUT2D eigenvalue weighted by Gasteiger charge is 2.47. The molecule has 1 amide bonds. The second kappa shape index (κ2) is 6.08. The third-order valence-electron chi connectivity index (χ3n) is 2.74. The Hall–Kier alpha value is -1.24. The summed E-state index contributed by atoms with van der Waals surface area (Å²) in [6, 6.07) is -0.829. The zero-order valence-electron chi connectivity index (χ0n) is 10.5. The predicted octanol–water partition coefficient (Wildman–Crippen LogP) is 0.518. The van der Waals surface area contributed by atoms with Gasteiger partial charge in [-0.3, -0.25) is 9.59 Å². The van der Waals surface area contributed by atoms with Gasteiger partial charge in [-0.1, -0.05) is 0 Å². The van der Waals surface area contributed by atoms with E-state index in [2.05, 4.69) is 5.32 Å². The number of carbonyl (C=O) groups excluding carboxylic acids is 2. The quantitative estimate of drug-likeness (QED) is 0.755. The summed E-state index contributed by atoms with van der Waals surface area (Å²) in [6.07, 6.45) is -4.98. The molecular weight excluding hydrogens is 248 g/mol. The van der Waals surface area contributed by atoms with Gasteiger partial charge in [0.15, 0.2) is 12.3 Å². The molecule has 1 aliphatic rings. The molecule has 1 N–H and O–H groups in total. The van der Waals surface area contributed by atoms with Crippen molar-refractivity contribution >= 4 is 11.9 Å². The molecule has 1 aliphatic heterocycles. The number of halogens is 2. The average Bonchev–Trinajstić information content (AvgIpc) is 2.27. The smallest absolute Gasteiger partial charge is 0.303 e. The van der Waals surface area contributed by atoms with Crippen LogP contribution in [-0.4, -0.2) is 49.1 Å². The van der Waals surface area contributed by atoms with Gasteiger partial charge in [0.1, 0.15) is 12.8 Å².